The third-order valence-corrected chi connectivity index (χ3v) is 12.1. The fourth-order valence-corrected chi connectivity index (χ4v) is 10.6. The van der Waals surface area contributed by atoms with Gasteiger partial charge >= 0.3 is 10.8 Å². The molecule has 3 N–H and O–H groups in total. The number of rotatable bonds is 7. The summed E-state index contributed by atoms with van der Waals surface area (Å²) in [5, 5.41) is 13.2. The molecule has 2 saturated carbocycles. The molecule has 1 saturated heterocycles. The predicted octanol–water partition coefficient (Wildman–Crippen LogP) is 3.71. The van der Waals surface area contributed by atoms with Gasteiger partial charge in [0.1, 0.15) is 11.8 Å². The van der Waals surface area contributed by atoms with Crippen molar-refractivity contribution < 1.29 is 29.0 Å². The molecule has 1 aromatic heterocycles. The first-order chi connectivity index (χ1) is 20.6. The maximum atomic E-state index is 13.6. The van der Waals surface area contributed by atoms with E-state index < -0.39 is 35.7 Å². The topological polar surface area (TPSA) is 146 Å². The third kappa shape index (κ3) is 4.41. The van der Waals surface area contributed by atoms with Crippen LogP contribution in [0.2, 0.25) is 0 Å². The first-order valence-corrected chi connectivity index (χ1v) is 15.9. The number of carboxylic acids is 1. The van der Waals surface area contributed by atoms with Crippen molar-refractivity contribution >= 4 is 52.5 Å². The van der Waals surface area contributed by atoms with Crippen LogP contribution >= 0.6 is 23.1 Å². The van der Waals surface area contributed by atoms with Gasteiger partial charge in [0.25, 0.3) is 5.91 Å². The van der Waals surface area contributed by atoms with Crippen LogP contribution in [-0.2, 0) is 19.2 Å². The summed E-state index contributed by atoms with van der Waals surface area (Å²) in [5.41, 5.74) is 2.57. The highest BCUT2D eigenvalue weighted by Crippen LogP contribution is 2.68. The Balaban J connectivity index is 1.18. The fourth-order valence-electron chi connectivity index (χ4n) is 7.75. The quantitative estimate of drug-likeness (QED) is 0.340. The van der Waals surface area contributed by atoms with Crippen LogP contribution in [0.3, 0.4) is 0 Å². The highest BCUT2D eigenvalue weighted by Gasteiger charge is 2.70. The second kappa shape index (κ2) is 10.4. The number of nitrogens with zero attached hydrogens (tertiary/aromatic N) is 1. The van der Waals surface area contributed by atoms with Crippen LogP contribution in [0.5, 0.6) is 5.75 Å². The molecule has 4 aliphatic rings. The monoisotopic (exact) mass is 619 g/mol. The van der Waals surface area contributed by atoms with Gasteiger partial charge in [-0.3, -0.25) is 24.1 Å². The summed E-state index contributed by atoms with van der Waals surface area (Å²) in [6.07, 6.45) is 0.704. The average molecular weight is 620 g/mol. The zero-order valence-corrected chi connectivity index (χ0v) is 24.9. The molecule has 2 aliphatic carbocycles. The minimum absolute atomic E-state index is 0.0182. The first-order valence-electron chi connectivity index (χ1n) is 14.2. The van der Waals surface area contributed by atoms with Crippen LogP contribution in [-0.4, -0.2) is 56.6 Å². The van der Waals surface area contributed by atoms with Crippen LogP contribution in [0.4, 0.5) is 5.69 Å². The number of benzene rings is 2. The number of carbonyl (C=O) groups is 4. The number of para-hydroxylation sites is 1. The van der Waals surface area contributed by atoms with E-state index in [0.29, 0.717) is 12.2 Å². The molecule has 222 valence electrons. The van der Waals surface area contributed by atoms with Crippen LogP contribution in [0.25, 0.3) is 0 Å². The number of nitrogens with one attached hydrogen (secondary N) is 2. The summed E-state index contributed by atoms with van der Waals surface area (Å²) < 4.78 is 5.90. The van der Waals surface area contributed by atoms with E-state index in [4.69, 9.17) is 4.74 Å². The predicted molar refractivity (Wildman–Crippen MR) is 159 cm³/mol. The molecule has 7 rings (SSSR count). The maximum Gasteiger partial charge on any atom is 0.326 e. The SMILES string of the molecule is Cc1ccccc1NC(=O)COc1cccc([C@H]2c3sc(=O)[nH]c3SC3C4CC(C5C(=O)N(C(C)C(=O)O)C(=O)C45)C32)c1. The smallest absolute Gasteiger partial charge is 0.326 e. The lowest BCUT2D eigenvalue weighted by atomic mass is 9.68. The highest BCUT2D eigenvalue weighted by atomic mass is 32.2. The summed E-state index contributed by atoms with van der Waals surface area (Å²) in [6.45, 7) is 3.10. The molecule has 10 nitrogen and oxygen atoms in total. The summed E-state index contributed by atoms with van der Waals surface area (Å²) in [5.74, 6) is -3.37. The number of aromatic nitrogens is 1. The van der Waals surface area contributed by atoms with Gasteiger partial charge in [-0.1, -0.05) is 41.7 Å². The standard InChI is InChI=1S/C31H29N3O7S2/c1-13-6-3-4-9-19(13)32-20(35)12-41-16-8-5-7-15(10-16)21-22-17-11-18(25(22)42-27-26(21)43-31(40)33-27)24-23(17)28(36)34(29(24)37)14(2)30(38)39/h3-10,14,17-18,21-25H,11-12H2,1-2H3,(H,32,35)(H,33,40)(H,38,39)/t14?,17?,18?,21-,22?,23?,24?,25?/m1/s1. The molecule has 2 bridgehead atoms. The number of fused-ring (bicyclic) bond motifs is 9. The van der Waals surface area contributed by atoms with Crippen LogP contribution in [0.15, 0.2) is 58.4 Å². The number of carboxylic acid groups (broad SMARTS) is 1. The molecular weight excluding hydrogens is 590 g/mol. The Morgan fingerprint density at radius 3 is 2.58 bits per heavy atom. The van der Waals surface area contributed by atoms with Gasteiger partial charge in [-0.15, -0.1) is 11.8 Å². The number of ether oxygens (including phenoxy) is 1. The molecule has 2 aromatic carbocycles. The van der Waals surface area contributed by atoms with Crippen molar-refractivity contribution in [3.63, 3.8) is 0 Å². The third-order valence-electron chi connectivity index (χ3n) is 9.51. The van der Waals surface area contributed by atoms with Crippen LogP contribution in [0.1, 0.15) is 35.3 Å². The number of carbonyl (C=O) groups excluding carboxylic acids is 3. The van der Waals surface area contributed by atoms with E-state index in [-0.39, 0.29) is 46.3 Å². The number of thioether (sulfide) groups is 1. The van der Waals surface area contributed by atoms with E-state index in [1.807, 2.05) is 49.4 Å². The van der Waals surface area contributed by atoms with E-state index in [1.54, 1.807) is 17.8 Å². The largest absolute Gasteiger partial charge is 0.484 e. The minimum Gasteiger partial charge on any atom is -0.484 e. The van der Waals surface area contributed by atoms with Gasteiger partial charge in [0.2, 0.25) is 11.8 Å². The summed E-state index contributed by atoms with van der Waals surface area (Å²) >= 11 is 2.73. The zero-order chi connectivity index (χ0) is 30.2. The van der Waals surface area contributed by atoms with E-state index in [0.717, 1.165) is 43.0 Å². The number of aryl methyl sites for hydroxylation is 1. The lowest BCUT2D eigenvalue weighted by Crippen LogP contribution is -2.44. The number of anilines is 1. The molecule has 3 amide bonds. The second-order valence-electron chi connectivity index (χ2n) is 11.7. The number of aromatic amines is 1. The highest BCUT2D eigenvalue weighted by molar-refractivity contribution is 8.00. The van der Waals surface area contributed by atoms with Gasteiger partial charge in [0.05, 0.1) is 16.9 Å². The van der Waals surface area contributed by atoms with Gasteiger partial charge in [-0.05, 0) is 67.3 Å². The number of H-pyrrole nitrogens is 1. The number of likely N-dealkylation sites (tertiary alicyclic amines) is 1. The Hall–Kier alpha value is -3.90. The normalized spacial score (nSPS) is 29.2. The number of hydrogen-bond donors (Lipinski definition) is 3. The molecule has 2 aliphatic heterocycles. The molecule has 43 heavy (non-hydrogen) atoms. The Bertz CT molecular complexity index is 1730. The van der Waals surface area contributed by atoms with Crippen molar-refractivity contribution in [2.45, 2.75) is 42.5 Å². The number of aliphatic carboxylic acids is 1. The van der Waals surface area contributed by atoms with Gasteiger partial charge in [-0.2, -0.15) is 0 Å². The van der Waals surface area contributed by atoms with Crippen LogP contribution in [0, 0.1) is 36.5 Å². The Labute approximate surface area is 254 Å². The van der Waals surface area contributed by atoms with Crippen molar-refractivity contribution in [3.8, 4) is 5.75 Å². The summed E-state index contributed by atoms with van der Waals surface area (Å²) in [7, 11) is 0. The Morgan fingerprint density at radius 2 is 1.84 bits per heavy atom. The average Bonchev–Trinajstić information content (AvgIpc) is 3.71. The number of imide groups is 1. The Kier molecular flexibility index (Phi) is 6.73. The van der Waals surface area contributed by atoms with E-state index >= 15 is 0 Å². The molecule has 12 heteroatoms. The van der Waals surface area contributed by atoms with Crippen molar-refractivity contribution in [1.82, 2.24) is 9.88 Å². The molecule has 3 fully saturated rings. The van der Waals surface area contributed by atoms with E-state index in [1.165, 1.54) is 6.92 Å². The van der Waals surface area contributed by atoms with Gasteiger partial charge in [0, 0.05) is 21.7 Å². The summed E-state index contributed by atoms with van der Waals surface area (Å²) in [4.78, 5) is 68.6. The van der Waals surface area contributed by atoms with Gasteiger partial charge in [-0.25, -0.2) is 4.79 Å². The van der Waals surface area contributed by atoms with Gasteiger partial charge < -0.3 is 20.1 Å². The molecular formula is C31H29N3O7S2. The molecule has 7 unspecified atom stereocenters. The van der Waals surface area contributed by atoms with Crippen molar-refractivity contribution in [3.05, 3.63) is 74.2 Å². The van der Waals surface area contributed by atoms with E-state index in [9.17, 15) is 29.1 Å². The second-order valence-corrected chi connectivity index (χ2v) is 13.9. The minimum atomic E-state index is -1.22. The molecule has 0 radical (unpaired) electrons. The van der Waals surface area contributed by atoms with Crippen molar-refractivity contribution in [1.29, 1.82) is 0 Å². The Morgan fingerprint density at radius 1 is 1.09 bits per heavy atom. The summed E-state index contributed by atoms with van der Waals surface area (Å²) in [6, 6.07) is 13.8. The lowest BCUT2D eigenvalue weighted by molar-refractivity contribution is -0.154. The number of amides is 3. The molecule has 3 aromatic rings. The zero-order valence-electron chi connectivity index (χ0n) is 23.3. The molecule has 8 atom stereocenters. The van der Waals surface area contributed by atoms with Crippen molar-refractivity contribution in [2.24, 2.45) is 29.6 Å². The van der Waals surface area contributed by atoms with E-state index in [2.05, 4.69) is 10.3 Å². The van der Waals surface area contributed by atoms with Crippen molar-refractivity contribution in [2.75, 3.05) is 11.9 Å². The van der Waals surface area contributed by atoms with Crippen LogP contribution < -0.4 is 14.9 Å². The first kappa shape index (κ1) is 27.9. The molecule has 3 heterocycles. The maximum absolute atomic E-state index is 13.6. The fraction of sp³-hybridized carbons (Fsp3) is 0.387. The molecule has 0 spiro atoms. The lowest BCUT2D eigenvalue weighted by Gasteiger charge is -2.43. The number of hydrogen-bond acceptors (Lipinski definition) is 8. The number of thiazole rings is 1. The van der Waals surface area contributed by atoms with Gasteiger partial charge in [0.15, 0.2) is 6.61 Å².